The van der Waals surface area contributed by atoms with Gasteiger partial charge in [0.05, 0.1) is 0 Å². The van der Waals surface area contributed by atoms with Crippen molar-refractivity contribution in [3.05, 3.63) is 0 Å². The summed E-state index contributed by atoms with van der Waals surface area (Å²) in [5.41, 5.74) is 0. The lowest BCUT2D eigenvalue weighted by molar-refractivity contribution is 0.282. The van der Waals surface area contributed by atoms with Crippen molar-refractivity contribution in [1.82, 2.24) is 5.32 Å². The second-order valence-corrected chi connectivity index (χ2v) is 5.79. The molecule has 3 nitrogen and oxygen atoms in total. The molecule has 0 unspecified atom stereocenters. The van der Waals surface area contributed by atoms with Crippen molar-refractivity contribution in [2.45, 2.75) is 83.5 Å². The molecular weight excluding hydrogens is 250 g/mol. The molecule has 3 heteroatoms. The summed E-state index contributed by atoms with van der Waals surface area (Å²) in [6.07, 6.45) is 16.6. The Morgan fingerprint density at radius 2 is 0.750 bits per heavy atom. The minimum atomic E-state index is 0.300. The van der Waals surface area contributed by atoms with E-state index in [-0.39, 0.29) is 0 Å². The molecule has 0 aromatic rings. The third-order valence-electron chi connectivity index (χ3n) is 3.77. The van der Waals surface area contributed by atoms with Gasteiger partial charge in [0.2, 0.25) is 0 Å². The molecule has 0 atom stereocenters. The highest BCUT2D eigenvalue weighted by atomic mass is 16.3. The fourth-order valence-electron chi connectivity index (χ4n) is 2.46. The van der Waals surface area contributed by atoms with Gasteiger partial charge in [0, 0.05) is 13.2 Å². The molecule has 0 rings (SSSR count). The van der Waals surface area contributed by atoms with Gasteiger partial charge in [-0.2, -0.15) is 0 Å². The van der Waals surface area contributed by atoms with Gasteiger partial charge in [-0.25, -0.2) is 0 Å². The van der Waals surface area contributed by atoms with E-state index in [0.717, 1.165) is 25.9 Å². The maximum atomic E-state index is 8.67. The van der Waals surface area contributed by atoms with Gasteiger partial charge in [-0.3, -0.25) is 0 Å². The van der Waals surface area contributed by atoms with Gasteiger partial charge in [0.15, 0.2) is 0 Å². The summed E-state index contributed by atoms with van der Waals surface area (Å²) in [6.45, 7) is 2.72. The van der Waals surface area contributed by atoms with Crippen LogP contribution in [0.2, 0.25) is 0 Å². The summed E-state index contributed by atoms with van der Waals surface area (Å²) >= 11 is 0. The Kier molecular flexibility index (Phi) is 18.8. The largest absolute Gasteiger partial charge is 0.396 e. The Morgan fingerprint density at radius 1 is 0.400 bits per heavy atom. The van der Waals surface area contributed by atoms with Gasteiger partial charge in [-0.15, -0.1) is 0 Å². The highest BCUT2D eigenvalue weighted by Gasteiger charge is 1.94. The molecule has 0 spiro atoms. The number of aliphatic hydroxyl groups excluding tert-OH is 2. The van der Waals surface area contributed by atoms with Crippen LogP contribution in [0.1, 0.15) is 83.5 Å². The fourth-order valence-corrected chi connectivity index (χ4v) is 2.46. The van der Waals surface area contributed by atoms with Crippen LogP contribution in [0.4, 0.5) is 0 Å². The third kappa shape index (κ3) is 17.9. The van der Waals surface area contributed by atoms with Crippen LogP contribution in [-0.4, -0.2) is 36.5 Å². The number of nitrogens with one attached hydrogen (secondary N) is 1. The zero-order valence-corrected chi connectivity index (χ0v) is 13.4. The Hall–Kier alpha value is -0.120. The molecule has 0 aliphatic rings. The topological polar surface area (TPSA) is 52.5 Å². The lowest BCUT2D eigenvalue weighted by Crippen LogP contribution is -2.17. The molecule has 20 heavy (non-hydrogen) atoms. The number of hydrogen-bond acceptors (Lipinski definition) is 3. The van der Waals surface area contributed by atoms with Crippen molar-refractivity contribution < 1.29 is 10.2 Å². The second kappa shape index (κ2) is 18.9. The van der Waals surface area contributed by atoms with E-state index < -0.39 is 0 Å². The van der Waals surface area contributed by atoms with Crippen molar-refractivity contribution in [2.24, 2.45) is 0 Å². The number of rotatable bonds is 17. The zero-order chi connectivity index (χ0) is 14.7. The molecule has 0 amide bonds. The van der Waals surface area contributed by atoms with Crippen LogP contribution in [0.25, 0.3) is 0 Å². The van der Waals surface area contributed by atoms with Crippen LogP contribution >= 0.6 is 0 Å². The molecule has 0 fully saturated rings. The molecular formula is C17H37NO2. The van der Waals surface area contributed by atoms with Gasteiger partial charge >= 0.3 is 0 Å². The molecule has 0 saturated heterocycles. The van der Waals surface area contributed by atoms with Crippen molar-refractivity contribution in [2.75, 3.05) is 26.3 Å². The first-order chi connectivity index (χ1) is 9.91. The molecule has 0 heterocycles. The third-order valence-corrected chi connectivity index (χ3v) is 3.77. The first kappa shape index (κ1) is 19.9. The van der Waals surface area contributed by atoms with E-state index in [0.29, 0.717) is 13.2 Å². The molecule has 0 aromatic carbocycles. The highest BCUT2D eigenvalue weighted by molar-refractivity contribution is 4.51. The molecule has 0 radical (unpaired) electrons. The number of aliphatic hydroxyl groups is 2. The van der Waals surface area contributed by atoms with E-state index in [1.807, 2.05) is 0 Å². The van der Waals surface area contributed by atoms with Gasteiger partial charge in [0.1, 0.15) is 0 Å². The zero-order valence-electron chi connectivity index (χ0n) is 13.4. The molecule has 0 aliphatic heterocycles. The summed E-state index contributed by atoms with van der Waals surface area (Å²) < 4.78 is 0. The monoisotopic (exact) mass is 287 g/mol. The average molecular weight is 287 g/mol. The first-order valence-electron chi connectivity index (χ1n) is 8.84. The van der Waals surface area contributed by atoms with E-state index in [4.69, 9.17) is 10.2 Å². The minimum absolute atomic E-state index is 0.300. The fraction of sp³-hybridized carbons (Fsp3) is 1.00. The van der Waals surface area contributed by atoms with Crippen molar-refractivity contribution >= 4 is 0 Å². The Labute approximate surface area is 126 Å². The molecule has 3 N–H and O–H groups in total. The second-order valence-electron chi connectivity index (χ2n) is 5.79. The average Bonchev–Trinajstić information content (AvgIpc) is 2.47. The van der Waals surface area contributed by atoms with Crippen LogP contribution in [0.5, 0.6) is 0 Å². The predicted octanol–water partition coefficient (Wildman–Crippen LogP) is 3.63. The summed E-state index contributed by atoms with van der Waals surface area (Å²) in [5, 5.41) is 20.6. The van der Waals surface area contributed by atoms with Crippen LogP contribution in [0.15, 0.2) is 0 Å². The maximum absolute atomic E-state index is 8.67. The predicted molar refractivity (Wildman–Crippen MR) is 87.1 cm³/mol. The molecule has 0 bridgehead atoms. The number of hydrogen-bond donors (Lipinski definition) is 3. The SMILES string of the molecule is OCCCCCCCCCCCCCCNCCCO. The van der Waals surface area contributed by atoms with Crippen LogP contribution < -0.4 is 5.32 Å². The molecule has 122 valence electrons. The van der Waals surface area contributed by atoms with Gasteiger partial charge < -0.3 is 15.5 Å². The smallest absolute Gasteiger partial charge is 0.0443 e. The summed E-state index contributed by atoms with van der Waals surface area (Å²) in [4.78, 5) is 0. The van der Waals surface area contributed by atoms with E-state index in [1.54, 1.807) is 0 Å². The van der Waals surface area contributed by atoms with Gasteiger partial charge in [-0.1, -0.05) is 64.2 Å². The number of unbranched alkanes of at least 4 members (excludes halogenated alkanes) is 11. The Balaban J connectivity index is 2.89. The lowest BCUT2D eigenvalue weighted by Gasteiger charge is -2.04. The Morgan fingerprint density at radius 3 is 1.20 bits per heavy atom. The van der Waals surface area contributed by atoms with Crippen LogP contribution in [0, 0.1) is 0 Å². The molecule has 0 saturated carbocycles. The molecule has 0 aliphatic carbocycles. The van der Waals surface area contributed by atoms with Crippen molar-refractivity contribution in [3.63, 3.8) is 0 Å². The lowest BCUT2D eigenvalue weighted by atomic mass is 10.1. The normalized spacial score (nSPS) is 11.1. The van der Waals surface area contributed by atoms with Crippen molar-refractivity contribution in [3.8, 4) is 0 Å². The minimum Gasteiger partial charge on any atom is -0.396 e. The van der Waals surface area contributed by atoms with E-state index in [9.17, 15) is 0 Å². The molecule has 0 aromatic heterocycles. The van der Waals surface area contributed by atoms with E-state index in [2.05, 4.69) is 5.32 Å². The van der Waals surface area contributed by atoms with E-state index >= 15 is 0 Å². The first-order valence-corrected chi connectivity index (χ1v) is 8.84. The Bertz CT molecular complexity index is 147. The highest BCUT2D eigenvalue weighted by Crippen LogP contribution is 2.11. The quantitative estimate of drug-likeness (QED) is 0.358. The standard InChI is InChI=1S/C17H37NO2/c19-16-12-10-8-6-4-2-1-3-5-7-9-11-14-18-15-13-17-20/h18-20H,1-17H2. The maximum Gasteiger partial charge on any atom is 0.0443 e. The van der Waals surface area contributed by atoms with E-state index in [1.165, 1.54) is 70.6 Å². The van der Waals surface area contributed by atoms with Crippen molar-refractivity contribution in [1.29, 1.82) is 0 Å². The van der Waals surface area contributed by atoms with Crippen LogP contribution in [-0.2, 0) is 0 Å². The summed E-state index contributed by atoms with van der Waals surface area (Å²) in [5.74, 6) is 0. The van der Waals surface area contributed by atoms with Gasteiger partial charge in [-0.05, 0) is 32.4 Å². The summed E-state index contributed by atoms with van der Waals surface area (Å²) in [7, 11) is 0. The van der Waals surface area contributed by atoms with Gasteiger partial charge in [0.25, 0.3) is 0 Å². The van der Waals surface area contributed by atoms with Crippen LogP contribution in [0.3, 0.4) is 0 Å². The summed E-state index contributed by atoms with van der Waals surface area (Å²) in [6, 6.07) is 0.